The predicted molar refractivity (Wildman–Crippen MR) is 123 cm³/mol. The van der Waals surface area contributed by atoms with Gasteiger partial charge < -0.3 is 4.90 Å². The van der Waals surface area contributed by atoms with Gasteiger partial charge in [0.2, 0.25) is 0 Å². The van der Waals surface area contributed by atoms with Gasteiger partial charge in [0.15, 0.2) is 0 Å². The smallest absolute Gasteiger partial charge is 0.272 e. The van der Waals surface area contributed by atoms with Gasteiger partial charge >= 0.3 is 0 Å². The maximum atomic E-state index is 12.6. The Balaban J connectivity index is 1.56. The molecule has 7 nitrogen and oxygen atoms in total. The van der Waals surface area contributed by atoms with Gasteiger partial charge in [0, 0.05) is 38.9 Å². The summed E-state index contributed by atoms with van der Waals surface area (Å²) in [5.74, 6) is 0.608. The molecule has 0 unspecified atom stereocenters. The van der Waals surface area contributed by atoms with E-state index >= 15 is 0 Å². The second-order valence-electron chi connectivity index (χ2n) is 8.53. The van der Waals surface area contributed by atoms with Crippen molar-refractivity contribution >= 4 is 11.8 Å². The molecule has 1 aromatic carbocycles. The summed E-state index contributed by atoms with van der Waals surface area (Å²) in [6, 6.07) is 12.7. The summed E-state index contributed by atoms with van der Waals surface area (Å²) >= 11 is 0. The van der Waals surface area contributed by atoms with Crippen molar-refractivity contribution in [3.05, 3.63) is 65.0 Å². The van der Waals surface area contributed by atoms with E-state index in [1.807, 2.05) is 24.1 Å². The Morgan fingerprint density at radius 2 is 1.81 bits per heavy atom. The normalized spacial score (nSPS) is 18.1. The predicted octanol–water partition coefficient (Wildman–Crippen LogP) is 3.60. The molecule has 0 aliphatic heterocycles. The Morgan fingerprint density at radius 1 is 1.12 bits per heavy atom. The molecule has 0 bridgehead atoms. The van der Waals surface area contributed by atoms with E-state index in [-0.39, 0.29) is 11.8 Å². The van der Waals surface area contributed by atoms with Gasteiger partial charge in [-0.2, -0.15) is 5.26 Å². The van der Waals surface area contributed by atoms with E-state index in [1.54, 1.807) is 49.5 Å². The van der Waals surface area contributed by atoms with Crippen LogP contribution in [-0.2, 0) is 0 Å². The summed E-state index contributed by atoms with van der Waals surface area (Å²) in [4.78, 5) is 31.0. The zero-order valence-electron chi connectivity index (χ0n) is 19.0. The Bertz CT molecular complexity index is 973. The van der Waals surface area contributed by atoms with Crippen LogP contribution >= 0.6 is 0 Å². The zero-order valence-corrected chi connectivity index (χ0v) is 19.0. The summed E-state index contributed by atoms with van der Waals surface area (Å²) in [7, 11) is 3.51. The molecule has 1 saturated carbocycles. The molecule has 1 aliphatic rings. The highest BCUT2D eigenvalue weighted by atomic mass is 16.2. The van der Waals surface area contributed by atoms with Crippen molar-refractivity contribution < 1.29 is 9.59 Å². The molecule has 1 heterocycles. The van der Waals surface area contributed by atoms with Crippen molar-refractivity contribution in [2.24, 2.45) is 5.92 Å². The first kappa shape index (κ1) is 23.4. The van der Waals surface area contributed by atoms with E-state index in [0.717, 1.165) is 37.8 Å². The Morgan fingerprint density at radius 3 is 2.41 bits per heavy atom. The van der Waals surface area contributed by atoms with Crippen LogP contribution in [0.4, 0.5) is 0 Å². The first-order chi connectivity index (χ1) is 15.4. The maximum absolute atomic E-state index is 12.6. The Hall–Kier alpha value is -3.24. The van der Waals surface area contributed by atoms with Gasteiger partial charge in [-0.15, -0.1) is 0 Å². The van der Waals surface area contributed by atoms with Crippen LogP contribution in [0.25, 0.3) is 0 Å². The fraction of sp³-hybridized carbons (Fsp3) is 0.440. The van der Waals surface area contributed by atoms with Gasteiger partial charge in [0.25, 0.3) is 11.8 Å². The molecule has 168 valence electrons. The molecule has 3 rings (SSSR count). The number of nitrogens with one attached hydrogen (secondary N) is 1. The molecule has 1 aliphatic carbocycles. The molecule has 0 saturated heterocycles. The number of pyridine rings is 1. The molecule has 1 fully saturated rings. The van der Waals surface area contributed by atoms with Crippen molar-refractivity contribution in [3.63, 3.8) is 0 Å². The highest BCUT2D eigenvalue weighted by Gasteiger charge is 2.28. The fourth-order valence-corrected chi connectivity index (χ4v) is 4.26. The molecule has 0 radical (unpaired) electrons. The van der Waals surface area contributed by atoms with Gasteiger partial charge in [-0.1, -0.05) is 13.0 Å². The average molecular weight is 434 g/mol. The van der Waals surface area contributed by atoms with Gasteiger partial charge in [-0.3, -0.25) is 20.0 Å². The van der Waals surface area contributed by atoms with Crippen LogP contribution in [0.3, 0.4) is 0 Å². The standard InChI is InChI=1S/C25H31N5O2/c1-4-30(28-24(31)21-13-7-18(16-26)8-14-21)17-19-9-11-20(12-10-19)22-6-5-15-27-23(22)25(32)29(2)3/h5-8,13-15,19-20H,4,9-12,17H2,1-3H3,(H,28,31). The van der Waals surface area contributed by atoms with Crippen molar-refractivity contribution in [1.29, 1.82) is 5.26 Å². The quantitative estimate of drug-likeness (QED) is 0.674. The molecule has 2 aromatic rings. The number of carbonyl (C=O) groups excluding carboxylic acids is 2. The van der Waals surface area contributed by atoms with E-state index in [2.05, 4.69) is 16.5 Å². The van der Waals surface area contributed by atoms with Gasteiger partial charge in [0.1, 0.15) is 5.69 Å². The van der Waals surface area contributed by atoms with E-state index in [9.17, 15) is 9.59 Å². The third-order valence-corrected chi connectivity index (χ3v) is 6.13. The molecular formula is C25H31N5O2. The summed E-state index contributed by atoms with van der Waals surface area (Å²) in [6.07, 6.45) is 5.77. The first-order valence-corrected chi connectivity index (χ1v) is 11.2. The van der Waals surface area contributed by atoms with Crippen molar-refractivity contribution in [3.8, 4) is 6.07 Å². The lowest BCUT2D eigenvalue weighted by atomic mass is 9.78. The van der Waals surface area contributed by atoms with Crippen LogP contribution in [0.15, 0.2) is 42.6 Å². The number of carbonyl (C=O) groups is 2. The lowest BCUT2D eigenvalue weighted by Crippen LogP contribution is -2.45. The number of amides is 2. The largest absolute Gasteiger partial charge is 0.343 e. The number of rotatable bonds is 7. The topological polar surface area (TPSA) is 89.3 Å². The van der Waals surface area contributed by atoms with E-state index in [4.69, 9.17) is 5.26 Å². The van der Waals surface area contributed by atoms with E-state index in [0.29, 0.717) is 35.2 Å². The van der Waals surface area contributed by atoms with Crippen LogP contribution in [-0.4, -0.2) is 53.9 Å². The maximum Gasteiger partial charge on any atom is 0.272 e. The minimum Gasteiger partial charge on any atom is -0.343 e. The summed E-state index contributed by atoms with van der Waals surface area (Å²) < 4.78 is 0. The summed E-state index contributed by atoms with van der Waals surface area (Å²) in [5.41, 5.74) is 5.69. The number of hydrogen-bond acceptors (Lipinski definition) is 5. The number of hydrogen-bond donors (Lipinski definition) is 1. The molecule has 1 N–H and O–H groups in total. The lowest BCUT2D eigenvalue weighted by molar-refractivity contribution is 0.0746. The minimum absolute atomic E-state index is 0.0506. The Labute approximate surface area is 190 Å². The Kier molecular flexibility index (Phi) is 7.96. The molecule has 0 atom stereocenters. The number of aromatic nitrogens is 1. The lowest BCUT2D eigenvalue weighted by Gasteiger charge is -2.33. The number of nitriles is 1. The monoisotopic (exact) mass is 433 g/mol. The molecule has 1 aromatic heterocycles. The molecule has 32 heavy (non-hydrogen) atoms. The van der Waals surface area contributed by atoms with Crippen molar-refractivity contribution in [2.75, 3.05) is 27.2 Å². The third-order valence-electron chi connectivity index (χ3n) is 6.13. The van der Waals surface area contributed by atoms with Crippen LogP contribution in [0, 0.1) is 17.2 Å². The minimum atomic E-state index is -0.160. The van der Waals surface area contributed by atoms with Gasteiger partial charge in [-0.25, -0.2) is 5.01 Å². The molecule has 0 spiro atoms. The van der Waals surface area contributed by atoms with Crippen molar-refractivity contribution in [2.45, 2.75) is 38.5 Å². The fourth-order valence-electron chi connectivity index (χ4n) is 4.26. The van der Waals surface area contributed by atoms with Gasteiger partial charge in [-0.05, 0) is 73.4 Å². The summed E-state index contributed by atoms with van der Waals surface area (Å²) in [6.45, 7) is 3.53. The van der Waals surface area contributed by atoms with E-state index < -0.39 is 0 Å². The van der Waals surface area contributed by atoms with E-state index in [1.165, 1.54) is 0 Å². The summed E-state index contributed by atoms with van der Waals surface area (Å²) in [5, 5.41) is 10.9. The SMILES string of the molecule is CCN(CC1CCC(c2cccnc2C(=O)N(C)C)CC1)NC(=O)c1ccc(C#N)cc1. The van der Waals surface area contributed by atoms with Crippen molar-refractivity contribution in [1.82, 2.24) is 20.3 Å². The highest BCUT2D eigenvalue weighted by Crippen LogP contribution is 2.37. The first-order valence-electron chi connectivity index (χ1n) is 11.2. The van der Waals surface area contributed by atoms with Crippen LogP contribution in [0.1, 0.15) is 70.5 Å². The molecular weight excluding hydrogens is 402 g/mol. The number of benzene rings is 1. The van der Waals surface area contributed by atoms with Crippen LogP contribution < -0.4 is 5.43 Å². The third kappa shape index (κ3) is 5.71. The second-order valence-corrected chi connectivity index (χ2v) is 8.53. The number of nitrogens with zero attached hydrogens (tertiary/aromatic N) is 4. The van der Waals surface area contributed by atoms with Crippen LogP contribution in [0.2, 0.25) is 0 Å². The number of hydrazine groups is 1. The van der Waals surface area contributed by atoms with Gasteiger partial charge in [0.05, 0.1) is 11.6 Å². The zero-order chi connectivity index (χ0) is 23.1. The van der Waals surface area contributed by atoms with Crippen LogP contribution in [0.5, 0.6) is 0 Å². The molecule has 7 heteroatoms. The highest BCUT2D eigenvalue weighted by molar-refractivity contribution is 5.94. The second kappa shape index (κ2) is 10.9. The average Bonchev–Trinajstić information content (AvgIpc) is 2.83. The molecule has 2 amide bonds.